The quantitative estimate of drug-likeness (QED) is 0.329. The summed E-state index contributed by atoms with van der Waals surface area (Å²) in [5.41, 5.74) is 0. The topological polar surface area (TPSA) is 28.2 Å². The molecule has 158 valence electrons. The molecule has 2 rings (SSSR count). The van der Waals surface area contributed by atoms with Gasteiger partial charge in [-0.15, -0.1) is 26.2 Å². The van der Waals surface area contributed by atoms with Crippen molar-refractivity contribution in [2.75, 3.05) is 26.2 Å². The van der Waals surface area contributed by atoms with Gasteiger partial charge in [0.05, 0.1) is 0 Å². The molecule has 0 aromatic rings. The van der Waals surface area contributed by atoms with Crippen molar-refractivity contribution in [2.45, 2.75) is 93.4 Å². The average molecular weight is 520 g/mol. The fourth-order valence-electron chi connectivity index (χ4n) is 2.42. The maximum absolute atomic E-state index is 4.28. The zero-order valence-electron chi connectivity index (χ0n) is 19.7. The van der Waals surface area contributed by atoms with E-state index in [1.54, 1.807) is 0 Å². The Balaban J connectivity index is -0.0000000530. The first-order valence-electron chi connectivity index (χ1n) is 10.3. The van der Waals surface area contributed by atoms with Crippen LogP contribution in [0.25, 0.3) is 10.6 Å². The minimum atomic E-state index is 0. The van der Waals surface area contributed by atoms with Gasteiger partial charge >= 0.3 is 0 Å². The molecule has 0 aliphatic carbocycles. The van der Waals surface area contributed by atoms with Crippen LogP contribution in [0.4, 0.5) is 0 Å². The second-order valence-electron chi connectivity index (χ2n) is 5.54. The van der Waals surface area contributed by atoms with Gasteiger partial charge in [-0.25, -0.2) is 0 Å². The third kappa shape index (κ3) is 33.7. The second-order valence-corrected chi connectivity index (χ2v) is 5.54. The molecule has 0 aromatic heterocycles. The smallest absolute Gasteiger partial charge is 0 e. The number of rotatable bonds is 2. The zero-order chi connectivity index (χ0) is 18.3. The minimum Gasteiger partial charge on any atom is -0.662 e. The predicted molar refractivity (Wildman–Crippen MR) is 117 cm³/mol. The molecule has 2 radical (unpaired) electrons. The molecule has 2 heterocycles. The second kappa shape index (κ2) is 41.5. The molecular formula is C22H50N2Y2-4. The normalized spacial score (nSPS) is 15.7. The summed E-state index contributed by atoms with van der Waals surface area (Å²) in [6.07, 6.45) is 9.09. The van der Waals surface area contributed by atoms with Gasteiger partial charge in [-0.3, -0.25) is 0 Å². The van der Waals surface area contributed by atoms with E-state index in [2.05, 4.69) is 31.4 Å². The Kier molecular flexibility index (Phi) is 67.5. The first kappa shape index (κ1) is 42.3. The van der Waals surface area contributed by atoms with E-state index in [4.69, 9.17) is 0 Å². The van der Waals surface area contributed by atoms with Crippen molar-refractivity contribution in [3.05, 3.63) is 25.0 Å². The van der Waals surface area contributed by atoms with Crippen molar-refractivity contribution in [1.82, 2.24) is 0 Å². The van der Waals surface area contributed by atoms with Crippen LogP contribution in [0, 0.1) is 26.2 Å². The molecule has 0 bridgehead atoms. The minimum absolute atomic E-state index is 0. The number of piperidine rings is 2. The summed E-state index contributed by atoms with van der Waals surface area (Å²) in [6.45, 7) is 22.5. The molecule has 2 aliphatic rings. The summed E-state index contributed by atoms with van der Waals surface area (Å²) >= 11 is 0. The SMILES string of the molecule is CC.CC.CCC1CC[N-]CC1.CCC1CC[N-]CC1.[CH2-]CC.[CH3-].[Y].[Y]. The molecule has 2 fully saturated rings. The molecule has 26 heavy (non-hydrogen) atoms. The van der Waals surface area contributed by atoms with E-state index >= 15 is 0 Å². The molecule has 2 nitrogen and oxygen atoms in total. The van der Waals surface area contributed by atoms with Crippen LogP contribution in [0.3, 0.4) is 0 Å². The van der Waals surface area contributed by atoms with Gasteiger partial charge in [0.15, 0.2) is 0 Å². The number of hydrogen-bond acceptors (Lipinski definition) is 0. The Labute approximate surface area is 219 Å². The molecular weight excluding hydrogens is 470 g/mol. The van der Waals surface area contributed by atoms with E-state index in [1.165, 1.54) is 38.5 Å². The van der Waals surface area contributed by atoms with Gasteiger partial charge in [0, 0.05) is 65.4 Å². The summed E-state index contributed by atoms with van der Waals surface area (Å²) in [5.74, 6) is 1.99. The van der Waals surface area contributed by atoms with Crippen molar-refractivity contribution < 1.29 is 65.4 Å². The van der Waals surface area contributed by atoms with Crippen molar-refractivity contribution in [2.24, 2.45) is 11.8 Å². The fourth-order valence-corrected chi connectivity index (χ4v) is 2.42. The molecule has 2 saturated heterocycles. The Hall–Kier alpha value is 2.13. The van der Waals surface area contributed by atoms with E-state index in [0.717, 1.165) is 44.4 Å². The van der Waals surface area contributed by atoms with Gasteiger partial charge in [0.25, 0.3) is 0 Å². The average Bonchev–Trinajstić information content (AvgIpc) is 2.67. The van der Waals surface area contributed by atoms with E-state index in [-0.39, 0.29) is 72.8 Å². The summed E-state index contributed by atoms with van der Waals surface area (Å²) in [5, 5.41) is 8.55. The largest absolute Gasteiger partial charge is 0.662 e. The molecule has 0 N–H and O–H groups in total. The van der Waals surface area contributed by atoms with E-state index in [0.29, 0.717) is 0 Å². The third-order valence-electron chi connectivity index (χ3n) is 3.94. The molecule has 0 saturated carbocycles. The Bertz CT molecular complexity index is 152. The van der Waals surface area contributed by atoms with Gasteiger partial charge < -0.3 is 25.0 Å². The van der Waals surface area contributed by atoms with Crippen LogP contribution in [0.2, 0.25) is 0 Å². The monoisotopic (exact) mass is 520 g/mol. The first-order valence-corrected chi connectivity index (χ1v) is 10.3. The molecule has 4 heteroatoms. The van der Waals surface area contributed by atoms with Gasteiger partial charge in [-0.05, 0) is 11.8 Å². The maximum Gasteiger partial charge on any atom is 0 e. The van der Waals surface area contributed by atoms with Crippen LogP contribution < -0.4 is 0 Å². The van der Waals surface area contributed by atoms with Gasteiger partial charge in [0.1, 0.15) is 0 Å². The van der Waals surface area contributed by atoms with Crippen molar-refractivity contribution in [3.63, 3.8) is 0 Å². The van der Waals surface area contributed by atoms with Gasteiger partial charge in [-0.2, -0.15) is 6.42 Å². The van der Waals surface area contributed by atoms with Crippen LogP contribution in [0.5, 0.6) is 0 Å². The van der Waals surface area contributed by atoms with Gasteiger partial charge in [0.2, 0.25) is 0 Å². The molecule has 0 aromatic carbocycles. The van der Waals surface area contributed by atoms with Crippen molar-refractivity contribution in [3.8, 4) is 0 Å². The number of nitrogens with zero attached hydrogens (tertiary/aromatic N) is 2. The zero-order valence-corrected chi connectivity index (χ0v) is 25.4. The van der Waals surface area contributed by atoms with E-state index in [9.17, 15) is 0 Å². The van der Waals surface area contributed by atoms with Crippen LogP contribution >= 0.6 is 0 Å². The molecule has 0 atom stereocenters. The third-order valence-corrected chi connectivity index (χ3v) is 3.94. The molecule has 2 aliphatic heterocycles. The fraction of sp³-hybridized carbons (Fsp3) is 0.909. The Morgan fingerprint density at radius 1 is 0.654 bits per heavy atom. The van der Waals surface area contributed by atoms with Crippen molar-refractivity contribution in [1.29, 1.82) is 0 Å². The van der Waals surface area contributed by atoms with E-state index < -0.39 is 0 Å². The molecule has 0 amide bonds. The molecule has 0 spiro atoms. The van der Waals surface area contributed by atoms with Crippen molar-refractivity contribution >= 4 is 0 Å². The van der Waals surface area contributed by atoms with Crippen LogP contribution in [-0.4, -0.2) is 26.2 Å². The Morgan fingerprint density at radius 3 is 0.962 bits per heavy atom. The summed E-state index contributed by atoms with van der Waals surface area (Å²) in [7, 11) is 0. The summed E-state index contributed by atoms with van der Waals surface area (Å²) in [4.78, 5) is 0. The van der Waals surface area contributed by atoms with Gasteiger partial charge in [-0.1, -0.05) is 87.0 Å². The number of hydrogen-bond donors (Lipinski definition) is 0. The standard InChI is InChI=1S/2C7H14N.C3H7.2C2H6.CH3.2Y/c2*1-2-7-3-5-8-6-4-7;1-3-2;2*1-2;;;/h2*7H,2-6H2,1H3;1,3H2,2H3;2*1-2H3;1H3;;/q3*-1;;;-1;;. The van der Waals surface area contributed by atoms with Crippen LogP contribution in [0.15, 0.2) is 0 Å². The van der Waals surface area contributed by atoms with Crippen LogP contribution in [-0.2, 0) is 65.4 Å². The van der Waals surface area contributed by atoms with E-state index in [1.807, 2.05) is 34.6 Å². The molecule has 0 unspecified atom stereocenters. The predicted octanol–water partition coefficient (Wildman–Crippen LogP) is 8.09. The summed E-state index contributed by atoms with van der Waals surface area (Å²) < 4.78 is 0. The Morgan fingerprint density at radius 2 is 0.846 bits per heavy atom. The van der Waals surface area contributed by atoms with Crippen LogP contribution in [0.1, 0.15) is 93.4 Å². The maximum atomic E-state index is 4.28. The first-order chi connectivity index (χ1) is 11.3. The summed E-state index contributed by atoms with van der Waals surface area (Å²) in [6, 6.07) is 0.